The molecule has 1 aromatic rings. The first-order chi connectivity index (χ1) is 12.2. The van der Waals surface area contributed by atoms with E-state index in [0.29, 0.717) is 0 Å². The van der Waals surface area contributed by atoms with E-state index < -0.39 is 20.8 Å². The number of nitrogens with one attached hydrogen (secondary N) is 4. The molecule has 0 fully saturated rings. The van der Waals surface area contributed by atoms with Crippen molar-refractivity contribution in [2.24, 2.45) is 0 Å². The molecule has 2 aliphatic rings. The molecule has 1 unspecified atom stereocenters. The van der Waals surface area contributed by atoms with E-state index in [2.05, 4.69) is 21.5 Å². The van der Waals surface area contributed by atoms with Crippen LogP contribution in [-0.2, 0) is 35.6 Å². The van der Waals surface area contributed by atoms with Gasteiger partial charge in [0.05, 0.1) is 0 Å². The van der Waals surface area contributed by atoms with Gasteiger partial charge in [0.15, 0.2) is 9.92 Å². The van der Waals surface area contributed by atoms with Gasteiger partial charge in [-0.25, -0.2) is 23.5 Å². The van der Waals surface area contributed by atoms with Crippen LogP contribution in [0.3, 0.4) is 0 Å². The zero-order valence-corrected chi connectivity index (χ0v) is 16.8. The molecule has 0 aliphatic heterocycles. The molecule has 0 heterocycles. The maximum Gasteiger partial charge on any atom is 0.331 e. The van der Waals surface area contributed by atoms with Crippen LogP contribution in [-0.4, -0.2) is 34.2 Å². The van der Waals surface area contributed by atoms with Crippen LogP contribution in [0.25, 0.3) is 0 Å². The molecule has 0 spiro atoms. The monoisotopic (exact) mass is 379 g/mol. The summed E-state index contributed by atoms with van der Waals surface area (Å²) < 4.78 is 23.5. The average molecular weight is 380 g/mol. The Kier molecular flexibility index (Phi) is 5.02. The average Bonchev–Trinajstić information content (AvgIpc) is 3.21. The number of amides is 2. The summed E-state index contributed by atoms with van der Waals surface area (Å²) in [5, 5.41) is 4.51. The Morgan fingerprint density at radius 2 is 1.69 bits per heavy atom. The summed E-state index contributed by atoms with van der Waals surface area (Å²) in [4.78, 5) is 11.6. The second kappa shape index (κ2) is 6.83. The van der Waals surface area contributed by atoms with Gasteiger partial charge in [0.2, 0.25) is 0 Å². The van der Waals surface area contributed by atoms with E-state index in [1.54, 1.807) is 33.0 Å². The summed E-state index contributed by atoms with van der Waals surface area (Å²) in [6.45, 7) is 3.33. The molecule has 0 saturated heterocycles. The first-order valence-electron chi connectivity index (χ1n) is 9.12. The Morgan fingerprint density at radius 1 is 1.15 bits per heavy atom. The lowest BCUT2D eigenvalue weighted by molar-refractivity contribution is 0.173. The zero-order chi connectivity index (χ0) is 19.1. The molecule has 26 heavy (non-hydrogen) atoms. The Hall–Kier alpha value is -1.64. The highest BCUT2D eigenvalue weighted by Gasteiger charge is 2.36. The largest absolute Gasteiger partial charge is 0.331 e. The minimum absolute atomic E-state index is 0.572. The molecule has 0 aromatic heterocycles. The Morgan fingerprint density at radius 3 is 2.19 bits per heavy atom. The number of hydrazine groups is 1. The quantitative estimate of drug-likeness (QED) is 0.591. The molecule has 0 bridgehead atoms. The Bertz CT molecular complexity index is 800. The third-order valence-corrected chi connectivity index (χ3v) is 7.95. The van der Waals surface area contributed by atoms with E-state index in [9.17, 15) is 9.00 Å². The normalized spacial score (nSPS) is 18.3. The summed E-state index contributed by atoms with van der Waals surface area (Å²) >= 11 is 0. The second-order valence-corrected chi connectivity index (χ2v) is 9.89. The van der Waals surface area contributed by atoms with E-state index in [4.69, 9.17) is 4.78 Å². The first kappa shape index (κ1) is 19.1. The molecular weight excluding hydrogens is 350 g/mol. The number of nitrogens with zero attached hydrogens (tertiary/aromatic N) is 1. The van der Waals surface area contributed by atoms with Gasteiger partial charge in [0, 0.05) is 12.7 Å². The minimum atomic E-state index is -3.42. The third-order valence-electron chi connectivity index (χ3n) is 5.79. The third kappa shape index (κ3) is 3.21. The van der Waals surface area contributed by atoms with Crippen molar-refractivity contribution in [1.29, 1.82) is 4.78 Å². The van der Waals surface area contributed by atoms with Crippen LogP contribution >= 0.6 is 0 Å². The van der Waals surface area contributed by atoms with Crippen molar-refractivity contribution in [1.82, 2.24) is 15.2 Å². The molecular formula is C18H29N5O2S. The standard InChI is InChI=1S/C18H29N5O2S/c1-18(2,23(4)20-3)26(19,25)22-17(24)21-16-14-9-5-7-12(14)11-13-8-6-10-15(13)16/h11,20H,5-10H2,1-4H3,(H3,19,21,22,24,25). The number of hydrogen-bond acceptors (Lipinski definition) is 5. The smallest absolute Gasteiger partial charge is 0.307 e. The predicted molar refractivity (Wildman–Crippen MR) is 104 cm³/mol. The van der Waals surface area contributed by atoms with Crippen LogP contribution in [0.5, 0.6) is 0 Å². The molecule has 8 heteroatoms. The predicted octanol–water partition coefficient (Wildman–Crippen LogP) is 2.55. The van der Waals surface area contributed by atoms with Crippen LogP contribution in [0.1, 0.15) is 48.9 Å². The number of carbonyl (C=O) groups is 1. The van der Waals surface area contributed by atoms with Crippen molar-refractivity contribution in [3.8, 4) is 0 Å². The van der Waals surface area contributed by atoms with Gasteiger partial charge in [-0.05, 0) is 81.7 Å². The van der Waals surface area contributed by atoms with E-state index in [1.807, 2.05) is 0 Å². The number of fused-ring (bicyclic) bond motifs is 2. The Labute approximate surface area is 156 Å². The van der Waals surface area contributed by atoms with Crippen molar-refractivity contribution >= 4 is 21.6 Å². The number of rotatable bonds is 5. The molecule has 1 aromatic carbocycles. The maximum atomic E-state index is 12.9. The second-order valence-electron chi connectivity index (χ2n) is 7.58. The lowest BCUT2D eigenvalue weighted by Gasteiger charge is -2.36. The topological polar surface area (TPSA) is 97.3 Å². The highest BCUT2D eigenvalue weighted by Crippen LogP contribution is 2.38. The molecule has 1 atom stereocenters. The van der Waals surface area contributed by atoms with Crippen molar-refractivity contribution in [2.75, 3.05) is 19.4 Å². The van der Waals surface area contributed by atoms with Crippen molar-refractivity contribution in [2.45, 2.75) is 57.2 Å². The molecule has 0 saturated carbocycles. The minimum Gasteiger partial charge on any atom is -0.307 e. The molecule has 4 N–H and O–H groups in total. The van der Waals surface area contributed by atoms with Crippen LogP contribution in [0.4, 0.5) is 10.5 Å². The lowest BCUT2D eigenvalue weighted by atomic mass is 9.99. The number of carbonyl (C=O) groups excluding carboxylic acids is 1. The van der Waals surface area contributed by atoms with E-state index in [1.165, 1.54) is 22.3 Å². The van der Waals surface area contributed by atoms with Gasteiger partial charge >= 0.3 is 6.03 Å². The van der Waals surface area contributed by atoms with Crippen LogP contribution in [0.15, 0.2) is 6.07 Å². The van der Waals surface area contributed by atoms with Crippen LogP contribution in [0.2, 0.25) is 0 Å². The number of urea groups is 1. The fourth-order valence-corrected chi connectivity index (χ4v) is 4.86. The van der Waals surface area contributed by atoms with E-state index in [-0.39, 0.29) is 0 Å². The Balaban J connectivity index is 1.84. The summed E-state index contributed by atoms with van der Waals surface area (Å²) in [5.74, 6) is 0. The number of hydrogen-bond donors (Lipinski definition) is 4. The first-order valence-corrected chi connectivity index (χ1v) is 10.7. The number of anilines is 1. The highest BCUT2D eigenvalue weighted by atomic mass is 32.2. The van der Waals surface area contributed by atoms with Gasteiger partial charge in [0.25, 0.3) is 0 Å². The SMILES string of the molecule is CNN(C)C(C)(C)S(=N)(=O)NC(=O)Nc1c2c(cc3c1CCC3)CCC2. The maximum absolute atomic E-state index is 12.9. The van der Waals surface area contributed by atoms with Crippen LogP contribution in [0, 0.1) is 4.78 Å². The molecule has 144 valence electrons. The molecule has 3 rings (SSSR count). The molecule has 2 amide bonds. The van der Waals surface area contributed by atoms with Crippen LogP contribution < -0.4 is 15.5 Å². The summed E-state index contributed by atoms with van der Waals surface area (Å²) in [7, 11) is -0.0297. The van der Waals surface area contributed by atoms with Crippen molar-refractivity contribution in [3.05, 3.63) is 28.3 Å². The summed E-state index contributed by atoms with van der Waals surface area (Å²) in [6, 6.07) is 1.73. The van der Waals surface area contributed by atoms with Gasteiger partial charge in [-0.3, -0.25) is 5.43 Å². The molecule has 7 nitrogen and oxygen atoms in total. The highest BCUT2D eigenvalue weighted by molar-refractivity contribution is 7.92. The van der Waals surface area contributed by atoms with Gasteiger partial charge in [-0.1, -0.05) is 6.07 Å². The van der Waals surface area contributed by atoms with Gasteiger partial charge in [0.1, 0.15) is 4.87 Å². The summed E-state index contributed by atoms with van der Waals surface area (Å²) in [5.41, 5.74) is 8.82. The zero-order valence-electron chi connectivity index (χ0n) is 16.0. The number of benzene rings is 1. The van der Waals surface area contributed by atoms with E-state index >= 15 is 0 Å². The van der Waals surface area contributed by atoms with Gasteiger partial charge in [-0.15, -0.1) is 0 Å². The lowest BCUT2D eigenvalue weighted by Crippen LogP contribution is -2.57. The molecule has 2 aliphatic carbocycles. The summed E-state index contributed by atoms with van der Waals surface area (Å²) in [6.07, 6.45) is 6.22. The fraction of sp³-hybridized carbons (Fsp3) is 0.611. The van der Waals surface area contributed by atoms with Gasteiger partial charge in [-0.2, -0.15) is 0 Å². The van der Waals surface area contributed by atoms with Crippen molar-refractivity contribution < 1.29 is 9.00 Å². The van der Waals surface area contributed by atoms with Gasteiger partial charge < -0.3 is 5.32 Å². The number of aryl methyl sites for hydroxylation is 2. The molecule has 0 radical (unpaired) electrons. The van der Waals surface area contributed by atoms with Crippen molar-refractivity contribution in [3.63, 3.8) is 0 Å². The fourth-order valence-electron chi connectivity index (χ4n) is 3.82. The van der Waals surface area contributed by atoms with E-state index in [0.717, 1.165) is 44.2 Å².